The van der Waals surface area contributed by atoms with Gasteiger partial charge in [-0.3, -0.25) is 4.79 Å². The predicted octanol–water partition coefficient (Wildman–Crippen LogP) is 4.70. The zero-order valence-electron chi connectivity index (χ0n) is 15.2. The van der Waals surface area contributed by atoms with Crippen LogP contribution in [0.3, 0.4) is 0 Å². The Kier molecular flexibility index (Phi) is 5.75. The second kappa shape index (κ2) is 8.19. The molecule has 0 radical (unpaired) electrons. The minimum absolute atomic E-state index is 0.0760. The van der Waals surface area contributed by atoms with Gasteiger partial charge in [-0.05, 0) is 74.8 Å². The van der Waals surface area contributed by atoms with Crippen molar-refractivity contribution in [2.45, 2.75) is 45.6 Å². The minimum atomic E-state index is 0.0760. The predicted molar refractivity (Wildman–Crippen MR) is 104 cm³/mol. The van der Waals surface area contributed by atoms with Crippen LogP contribution in [0, 0.1) is 19.8 Å². The van der Waals surface area contributed by atoms with Crippen LogP contribution in [0.15, 0.2) is 48.5 Å². The van der Waals surface area contributed by atoms with Gasteiger partial charge in [0.2, 0.25) is 0 Å². The molecule has 1 fully saturated rings. The highest BCUT2D eigenvalue weighted by atomic mass is 16.1. The molecule has 1 amide bonds. The maximum Gasteiger partial charge on any atom is 0.251 e. The second-order valence-electron chi connectivity index (χ2n) is 7.19. The normalized spacial score (nSPS) is 20.1. The second-order valence-corrected chi connectivity index (χ2v) is 7.19. The fraction of sp³-hybridized carbons (Fsp3) is 0.409. The Morgan fingerprint density at radius 2 is 1.68 bits per heavy atom. The van der Waals surface area contributed by atoms with E-state index >= 15 is 0 Å². The Bertz CT molecular complexity index is 703. The maximum atomic E-state index is 12.6. The van der Waals surface area contributed by atoms with Gasteiger partial charge in [0.1, 0.15) is 0 Å². The third-order valence-electron chi connectivity index (χ3n) is 5.40. The van der Waals surface area contributed by atoms with E-state index in [2.05, 4.69) is 47.9 Å². The summed E-state index contributed by atoms with van der Waals surface area (Å²) in [7, 11) is 0. The SMILES string of the molecule is Cc1cccc(C(=O)NC2CCC(CNc3ccccc3)CC2)c1C. The van der Waals surface area contributed by atoms with Gasteiger partial charge >= 0.3 is 0 Å². The summed E-state index contributed by atoms with van der Waals surface area (Å²) in [6.07, 6.45) is 4.46. The number of para-hydroxylation sites is 1. The molecule has 1 saturated carbocycles. The van der Waals surface area contributed by atoms with E-state index in [0.29, 0.717) is 12.0 Å². The van der Waals surface area contributed by atoms with Gasteiger partial charge in [-0.15, -0.1) is 0 Å². The Balaban J connectivity index is 1.46. The van der Waals surface area contributed by atoms with E-state index in [1.807, 2.05) is 25.1 Å². The van der Waals surface area contributed by atoms with Crippen molar-refractivity contribution in [3.63, 3.8) is 0 Å². The smallest absolute Gasteiger partial charge is 0.251 e. The molecule has 0 heterocycles. The Morgan fingerprint density at radius 1 is 0.960 bits per heavy atom. The number of hydrogen-bond donors (Lipinski definition) is 2. The maximum absolute atomic E-state index is 12.6. The van der Waals surface area contributed by atoms with Crippen LogP contribution >= 0.6 is 0 Å². The van der Waals surface area contributed by atoms with Crippen molar-refractivity contribution in [2.75, 3.05) is 11.9 Å². The lowest BCUT2D eigenvalue weighted by Gasteiger charge is -2.29. The summed E-state index contributed by atoms with van der Waals surface area (Å²) in [6.45, 7) is 5.09. The molecule has 0 bridgehead atoms. The average Bonchev–Trinajstić information content (AvgIpc) is 2.64. The van der Waals surface area contributed by atoms with Gasteiger partial charge < -0.3 is 10.6 Å². The first-order chi connectivity index (χ1) is 12.1. The molecule has 0 spiro atoms. The number of amides is 1. The lowest BCUT2D eigenvalue weighted by atomic mass is 9.85. The van der Waals surface area contributed by atoms with E-state index in [9.17, 15) is 4.79 Å². The van der Waals surface area contributed by atoms with Crippen LogP contribution < -0.4 is 10.6 Å². The zero-order valence-corrected chi connectivity index (χ0v) is 15.2. The molecule has 0 saturated heterocycles. The van der Waals surface area contributed by atoms with Crippen LogP contribution in [0.2, 0.25) is 0 Å². The molecule has 2 aromatic carbocycles. The molecule has 1 aliphatic carbocycles. The zero-order chi connectivity index (χ0) is 17.6. The number of carbonyl (C=O) groups excluding carboxylic acids is 1. The van der Waals surface area contributed by atoms with Crippen molar-refractivity contribution in [1.29, 1.82) is 0 Å². The summed E-state index contributed by atoms with van der Waals surface area (Å²) >= 11 is 0. The monoisotopic (exact) mass is 336 g/mol. The number of benzene rings is 2. The molecule has 0 unspecified atom stereocenters. The van der Waals surface area contributed by atoms with Crippen molar-refractivity contribution >= 4 is 11.6 Å². The van der Waals surface area contributed by atoms with Gasteiger partial charge in [0, 0.05) is 23.8 Å². The summed E-state index contributed by atoms with van der Waals surface area (Å²) in [4.78, 5) is 12.6. The van der Waals surface area contributed by atoms with E-state index in [0.717, 1.165) is 43.4 Å². The van der Waals surface area contributed by atoms with Crippen LogP contribution in [-0.2, 0) is 0 Å². The summed E-state index contributed by atoms with van der Waals surface area (Å²) in [6, 6.07) is 16.6. The first kappa shape index (κ1) is 17.5. The largest absolute Gasteiger partial charge is 0.385 e. The third-order valence-corrected chi connectivity index (χ3v) is 5.40. The number of aryl methyl sites for hydroxylation is 1. The molecule has 2 aromatic rings. The van der Waals surface area contributed by atoms with Crippen LogP contribution in [0.25, 0.3) is 0 Å². The van der Waals surface area contributed by atoms with Crippen LogP contribution in [0.1, 0.15) is 47.2 Å². The molecule has 25 heavy (non-hydrogen) atoms. The topological polar surface area (TPSA) is 41.1 Å². The summed E-state index contributed by atoms with van der Waals surface area (Å²) in [5, 5.41) is 6.76. The van der Waals surface area contributed by atoms with Gasteiger partial charge in [-0.2, -0.15) is 0 Å². The van der Waals surface area contributed by atoms with Crippen molar-refractivity contribution in [2.24, 2.45) is 5.92 Å². The van der Waals surface area contributed by atoms with Gasteiger partial charge in [0.25, 0.3) is 5.91 Å². The Morgan fingerprint density at radius 3 is 2.40 bits per heavy atom. The standard InChI is InChI=1S/C22H28N2O/c1-16-7-6-10-21(17(16)2)22(25)24-20-13-11-18(12-14-20)15-23-19-8-4-3-5-9-19/h3-10,18,20,23H,11-15H2,1-2H3,(H,24,25). The minimum Gasteiger partial charge on any atom is -0.385 e. The van der Waals surface area contributed by atoms with Crippen molar-refractivity contribution in [3.05, 3.63) is 65.2 Å². The van der Waals surface area contributed by atoms with Gasteiger partial charge in [0.15, 0.2) is 0 Å². The van der Waals surface area contributed by atoms with Crippen molar-refractivity contribution in [1.82, 2.24) is 5.32 Å². The molecular weight excluding hydrogens is 308 g/mol. The molecule has 3 nitrogen and oxygen atoms in total. The molecule has 2 N–H and O–H groups in total. The van der Waals surface area contributed by atoms with E-state index in [-0.39, 0.29) is 5.91 Å². The summed E-state index contributed by atoms with van der Waals surface area (Å²) in [5.41, 5.74) is 4.25. The van der Waals surface area contributed by atoms with E-state index in [1.165, 1.54) is 11.3 Å². The molecule has 0 aromatic heterocycles. The number of hydrogen-bond acceptors (Lipinski definition) is 2. The first-order valence-electron chi connectivity index (χ1n) is 9.29. The fourth-order valence-corrected chi connectivity index (χ4v) is 3.59. The van der Waals surface area contributed by atoms with E-state index in [1.54, 1.807) is 0 Å². The van der Waals surface area contributed by atoms with Crippen LogP contribution in [0.5, 0.6) is 0 Å². The quantitative estimate of drug-likeness (QED) is 0.830. The van der Waals surface area contributed by atoms with Crippen LogP contribution in [0.4, 0.5) is 5.69 Å². The molecule has 0 atom stereocenters. The van der Waals surface area contributed by atoms with Crippen molar-refractivity contribution in [3.8, 4) is 0 Å². The van der Waals surface area contributed by atoms with Gasteiger partial charge in [-0.25, -0.2) is 0 Å². The highest BCUT2D eigenvalue weighted by Crippen LogP contribution is 2.25. The third kappa shape index (κ3) is 4.62. The summed E-state index contributed by atoms with van der Waals surface area (Å²) in [5.74, 6) is 0.765. The lowest BCUT2D eigenvalue weighted by molar-refractivity contribution is 0.0922. The average molecular weight is 336 g/mol. The molecular formula is C22H28N2O. The van der Waals surface area contributed by atoms with Crippen molar-refractivity contribution < 1.29 is 4.79 Å². The first-order valence-corrected chi connectivity index (χ1v) is 9.29. The molecule has 0 aliphatic heterocycles. The lowest BCUT2D eigenvalue weighted by Crippen LogP contribution is -2.38. The Labute approximate surface area is 150 Å². The molecule has 3 rings (SSSR count). The number of carbonyl (C=O) groups is 1. The number of anilines is 1. The van der Waals surface area contributed by atoms with Gasteiger partial charge in [0.05, 0.1) is 0 Å². The molecule has 1 aliphatic rings. The van der Waals surface area contributed by atoms with E-state index in [4.69, 9.17) is 0 Å². The number of nitrogens with one attached hydrogen (secondary N) is 2. The molecule has 132 valence electrons. The highest BCUT2D eigenvalue weighted by molar-refractivity contribution is 5.96. The van der Waals surface area contributed by atoms with Crippen LogP contribution in [-0.4, -0.2) is 18.5 Å². The fourth-order valence-electron chi connectivity index (χ4n) is 3.59. The summed E-state index contributed by atoms with van der Waals surface area (Å²) < 4.78 is 0. The highest BCUT2D eigenvalue weighted by Gasteiger charge is 2.23. The van der Waals surface area contributed by atoms with Gasteiger partial charge in [-0.1, -0.05) is 30.3 Å². The van der Waals surface area contributed by atoms with E-state index < -0.39 is 0 Å². The Hall–Kier alpha value is -2.29. The molecule has 3 heteroatoms. The number of rotatable bonds is 5.